The van der Waals surface area contributed by atoms with E-state index in [2.05, 4.69) is 0 Å². The number of alkyl halides is 3. The molecule has 0 atom stereocenters. The van der Waals surface area contributed by atoms with Crippen LogP contribution in [0.25, 0.3) is 0 Å². The number of rotatable bonds is 0. The second-order valence-corrected chi connectivity index (χ2v) is 4.72. The van der Waals surface area contributed by atoms with Crippen molar-refractivity contribution in [3.63, 3.8) is 0 Å². The minimum Gasteiger partial charge on any atom is -0.741 e. The first-order valence-electron chi connectivity index (χ1n) is 5.58. The van der Waals surface area contributed by atoms with Crippen molar-refractivity contribution in [3.8, 4) is 0 Å². The molecular weight excluding hydrogens is 316 g/mol. The van der Waals surface area contributed by atoms with Crippen molar-refractivity contribution in [2.24, 2.45) is 0 Å². The van der Waals surface area contributed by atoms with E-state index in [9.17, 15) is 13.2 Å². The minimum atomic E-state index is -6.09. The zero-order valence-corrected chi connectivity index (χ0v) is 12.4. The van der Waals surface area contributed by atoms with Crippen molar-refractivity contribution in [1.29, 1.82) is 0 Å². The SMILES string of the molecule is C1COCCOCCOCCO1.O=S(=O)([O-])C(F)(F)F.[Li+]. The maximum atomic E-state index is 10.7. The summed E-state index contributed by atoms with van der Waals surface area (Å²) in [4.78, 5) is 0. The van der Waals surface area contributed by atoms with Crippen LogP contribution < -0.4 is 18.9 Å². The van der Waals surface area contributed by atoms with Crippen LogP contribution in [0.4, 0.5) is 13.2 Å². The van der Waals surface area contributed by atoms with E-state index in [0.717, 1.165) is 0 Å². The largest absolute Gasteiger partial charge is 1.00 e. The molecule has 12 heteroatoms. The molecule has 0 N–H and O–H groups in total. The van der Waals surface area contributed by atoms with Crippen molar-refractivity contribution in [3.05, 3.63) is 0 Å². The number of ether oxygens (including phenoxy) is 4. The zero-order chi connectivity index (χ0) is 15.5. The third-order valence-electron chi connectivity index (χ3n) is 1.77. The standard InChI is InChI=1S/C8H16O4.CHF3O3S.Li/c1-2-10-5-6-12-8-7-11-4-3-9-1;2-1(3,4)8(5,6)7;/h1-8H2;(H,5,6,7);/q;;+1/p-1. The summed E-state index contributed by atoms with van der Waals surface area (Å²) in [5.74, 6) is 0. The van der Waals surface area contributed by atoms with Crippen LogP contribution in [0.3, 0.4) is 0 Å². The Labute approximate surface area is 133 Å². The van der Waals surface area contributed by atoms with Gasteiger partial charge in [0.2, 0.25) is 0 Å². The summed E-state index contributed by atoms with van der Waals surface area (Å²) in [6.07, 6.45) is 0. The molecule has 0 unspecified atom stereocenters. The van der Waals surface area contributed by atoms with Crippen LogP contribution in [-0.4, -0.2) is 71.3 Å². The van der Waals surface area contributed by atoms with Crippen molar-refractivity contribution >= 4 is 10.1 Å². The smallest absolute Gasteiger partial charge is 0.741 e. The van der Waals surface area contributed by atoms with Crippen LogP contribution in [0.5, 0.6) is 0 Å². The van der Waals surface area contributed by atoms with Gasteiger partial charge in [0.25, 0.3) is 0 Å². The third kappa shape index (κ3) is 14.8. The number of hydrogen-bond acceptors (Lipinski definition) is 7. The van der Waals surface area contributed by atoms with Crippen molar-refractivity contribution in [1.82, 2.24) is 0 Å². The van der Waals surface area contributed by atoms with E-state index in [1.807, 2.05) is 0 Å². The minimum absolute atomic E-state index is 0. The van der Waals surface area contributed by atoms with E-state index in [1.54, 1.807) is 0 Å². The van der Waals surface area contributed by atoms with Gasteiger partial charge in [-0.2, -0.15) is 13.2 Å². The van der Waals surface area contributed by atoms with Crippen LogP contribution in [0, 0.1) is 0 Å². The maximum absolute atomic E-state index is 10.7. The summed E-state index contributed by atoms with van der Waals surface area (Å²) in [5, 5.41) is 0. The number of hydrogen-bond donors (Lipinski definition) is 0. The zero-order valence-electron chi connectivity index (χ0n) is 11.6. The molecule has 0 aromatic carbocycles. The Hall–Kier alpha value is 0.137. The summed E-state index contributed by atoms with van der Waals surface area (Å²) in [5.41, 5.74) is -5.65. The summed E-state index contributed by atoms with van der Waals surface area (Å²) in [6.45, 7) is 5.14. The van der Waals surface area contributed by atoms with Gasteiger partial charge in [-0.05, 0) is 0 Å². The van der Waals surface area contributed by atoms with Gasteiger partial charge in [-0.25, -0.2) is 8.42 Å². The first-order chi connectivity index (χ1) is 9.25. The van der Waals surface area contributed by atoms with E-state index >= 15 is 0 Å². The Morgan fingerprint density at radius 2 is 0.857 bits per heavy atom. The van der Waals surface area contributed by atoms with Gasteiger partial charge in [0.15, 0.2) is 10.1 Å². The van der Waals surface area contributed by atoms with E-state index in [4.69, 9.17) is 31.9 Å². The van der Waals surface area contributed by atoms with Gasteiger partial charge in [-0.3, -0.25) is 0 Å². The van der Waals surface area contributed by atoms with Gasteiger partial charge >= 0.3 is 24.4 Å². The monoisotopic (exact) mass is 332 g/mol. The molecule has 1 fully saturated rings. The number of halogens is 3. The average molecular weight is 332 g/mol. The van der Waals surface area contributed by atoms with Gasteiger partial charge in [0.1, 0.15) is 0 Å². The molecule has 0 bridgehead atoms. The van der Waals surface area contributed by atoms with E-state index in [-0.39, 0.29) is 18.9 Å². The first kappa shape index (κ1) is 23.4. The van der Waals surface area contributed by atoms with Gasteiger partial charge in [-0.15, -0.1) is 0 Å². The normalized spacial score (nSPS) is 19.0. The van der Waals surface area contributed by atoms with Crippen LogP contribution >= 0.6 is 0 Å². The molecule has 0 aliphatic carbocycles. The predicted molar refractivity (Wildman–Crippen MR) is 59.0 cm³/mol. The second-order valence-electron chi connectivity index (χ2n) is 3.35. The molecule has 0 aromatic rings. The van der Waals surface area contributed by atoms with Crippen molar-refractivity contribution in [2.75, 3.05) is 52.9 Å². The fourth-order valence-corrected chi connectivity index (χ4v) is 0.880. The van der Waals surface area contributed by atoms with Gasteiger partial charge in [0, 0.05) is 0 Å². The van der Waals surface area contributed by atoms with Gasteiger partial charge in [0.05, 0.1) is 52.9 Å². The topological polar surface area (TPSA) is 94.1 Å². The van der Waals surface area contributed by atoms with E-state index in [0.29, 0.717) is 52.9 Å². The molecule has 0 radical (unpaired) electrons. The fourth-order valence-electron chi connectivity index (χ4n) is 0.880. The third-order valence-corrected chi connectivity index (χ3v) is 2.34. The Morgan fingerprint density at radius 1 is 0.714 bits per heavy atom. The molecule has 0 saturated carbocycles. The predicted octanol–water partition coefficient (Wildman–Crippen LogP) is -2.88. The molecule has 1 saturated heterocycles. The fraction of sp³-hybridized carbons (Fsp3) is 1.00. The van der Waals surface area contributed by atoms with Crippen molar-refractivity contribution in [2.45, 2.75) is 5.51 Å². The van der Waals surface area contributed by atoms with Crippen LogP contribution in [-0.2, 0) is 29.1 Å². The summed E-state index contributed by atoms with van der Waals surface area (Å²) < 4.78 is 79.8. The van der Waals surface area contributed by atoms with Gasteiger partial charge < -0.3 is 23.5 Å². The average Bonchev–Trinajstić information content (AvgIpc) is 2.27. The molecule has 0 aromatic heterocycles. The van der Waals surface area contributed by atoms with Crippen LogP contribution in [0.15, 0.2) is 0 Å². The quantitative estimate of drug-likeness (QED) is 0.267. The molecule has 0 spiro atoms. The van der Waals surface area contributed by atoms with Crippen LogP contribution in [0.1, 0.15) is 0 Å². The Kier molecular flexibility index (Phi) is 14.1. The molecule has 1 rings (SSSR count). The molecule has 7 nitrogen and oxygen atoms in total. The molecule has 0 amide bonds. The van der Waals surface area contributed by atoms with Crippen molar-refractivity contribution < 1.29 is 63.9 Å². The van der Waals surface area contributed by atoms with Gasteiger partial charge in [-0.1, -0.05) is 0 Å². The van der Waals surface area contributed by atoms with E-state index < -0.39 is 15.6 Å². The Bertz CT molecular complexity index is 294. The summed E-state index contributed by atoms with van der Waals surface area (Å²) >= 11 is 0. The van der Waals surface area contributed by atoms with Crippen LogP contribution in [0.2, 0.25) is 0 Å². The second kappa shape index (κ2) is 12.7. The Balaban J connectivity index is 0. The molecule has 1 aliphatic rings. The summed E-state index contributed by atoms with van der Waals surface area (Å²) in [6, 6.07) is 0. The molecule has 122 valence electrons. The maximum Gasteiger partial charge on any atom is 1.00 e. The molecule has 1 aliphatic heterocycles. The molecule has 21 heavy (non-hydrogen) atoms. The molecule has 1 heterocycles. The Morgan fingerprint density at radius 3 is 0.952 bits per heavy atom. The summed E-state index contributed by atoms with van der Waals surface area (Å²) in [7, 11) is -6.09. The molecular formula is C9H16F3LiO7S. The first-order valence-corrected chi connectivity index (χ1v) is 6.99. The van der Waals surface area contributed by atoms with E-state index in [1.165, 1.54) is 0 Å².